The number of carbonyl (C=O) groups is 1. The number of Topliss-reactive ketones (excluding diaryl/α,β-unsaturated/α-hetero) is 1. The summed E-state index contributed by atoms with van der Waals surface area (Å²) in [6, 6.07) is 14.0. The Morgan fingerprint density at radius 1 is 1.02 bits per heavy atom. The average molecular weight is 674 g/mol. The summed E-state index contributed by atoms with van der Waals surface area (Å²) in [5, 5.41) is 34.9. The first-order valence-corrected chi connectivity index (χ1v) is 19.2. The Morgan fingerprint density at radius 3 is 2.48 bits per heavy atom. The van der Waals surface area contributed by atoms with Crippen molar-refractivity contribution in [2.24, 2.45) is 33.5 Å². The van der Waals surface area contributed by atoms with Crippen LogP contribution in [0.15, 0.2) is 66.3 Å². The van der Waals surface area contributed by atoms with Crippen LogP contribution in [-0.4, -0.2) is 70.1 Å². The maximum Gasteiger partial charge on any atom is 0.199 e. The molecule has 0 amide bonds. The van der Waals surface area contributed by atoms with E-state index in [-0.39, 0.29) is 41.2 Å². The van der Waals surface area contributed by atoms with E-state index in [1.165, 1.54) is 0 Å². The first-order valence-electron chi connectivity index (χ1n) is 18.4. The second kappa shape index (κ2) is 12.6. The van der Waals surface area contributed by atoms with Gasteiger partial charge in [-0.1, -0.05) is 69.3 Å². The summed E-state index contributed by atoms with van der Waals surface area (Å²) in [5.74, 6) is 0.531. The van der Waals surface area contributed by atoms with Crippen molar-refractivity contribution in [1.82, 2.24) is 4.90 Å². The van der Waals surface area contributed by atoms with Gasteiger partial charge in [0.1, 0.15) is 0 Å². The number of benzene rings is 1. The molecule has 2 spiro atoms. The number of fused-ring (bicyclic) bond motifs is 1. The molecule has 7 heteroatoms. The maximum atomic E-state index is 14.7. The Kier molecular flexibility index (Phi) is 8.99. The molecular formula is C41H55NO5S. The van der Waals surface area contributed by atoms with Gasteiger partial charge in [-0.05, 0) is 99.8 Å². The third kappa shape index (κ3) is 5.25. The zero-order valence-electron chi connectivity index (χ0n) is 29.3. The van der Waals surface area contributed by atoms with Crippen molar-refractivity contribution in [3.63, 3.8) is 0 Å². The summed E-state index contributed by atoms with van der Waals surface area (Å²) in [4.78, 5) is 18.8. The molecule has 0 saturated heterocycles. The molecule has 260 valence electrons. The van der Waals surface area contributed by atoms with E-state index < -0.39 is 22.5 Å². The highest BCUT2D eigenvalue weighted by atomic mass is 32.1. The zero-order valence-corrected chi connectivity index (χ0v) is 30.1. The van der Waals surface area contributed by atoms with Crippen LogP contribution >= 0.6 is 11.3 Å². The number of carbonyl (C=O) groups excluding carboxylic acids is 1. The number of rotatable bonds is 12. The maximum absolute atomic E-state index is 14.7. The molecule has 1 aromatic carbocycles. The van der Waals surface area contributed by atoms with Gasteiger partial charge in [-0.25, -0.2) is 0 Å². The number of thiophene rings is 1. The third-order valence-electron chi connectivity index (χ3n) is 13.8. The predicted octanol–water partition coefficient (Wildman–Crippen LogP) is 7.12. The number of aliphatic hydroxyl groups excluding tert-OH is 2. The topological polar surface area (TPSA) is 90.2 Å². The Balaban J connectivity index is 1.18. The van der Waals surface area contributed by atoms with Gasteiger partial charge in [0.25, 0.3) is 0 Å². The number of allylic oxidation sites excluding steroid dienone is 4. The van der Waals surface area contributed by atoms with Gasteiger partial charge in [0.05, 0.1) is 35.9 Å². The molecule has 6 nitrogen and oxygen atoms in total. The largest absolute Gasteiger partial charge is 0.393 e. The highest BCUT2D eigenvalue weighted by molar-refractivity contribution is 7.14. The standard InChI is InChI=1S/C41H55NO5S/c1-5-21-42(24-31(44)26-47-25-29-9-7-6-8-10-29)27-40(46)18-15-35-38(40,4)17-14-34-37(3)16-13-30(43)22-39(37)19-20-41(34,35)32(23-39)36(45)33-12-11-28(2)48-33/h6-12,19-20,23,30-31,34-35,43-44,46H,5,13-18,21-22,24-27H2,1-4H3/t30?,31-,34-,35-,37-,38+,39+,40-,41-/m1/s1. The summed E-state index contributed by atoms with van der Waals surface area (Å²) < 4.78 is 5.88. The molecule has 6 aliphatic rings. The summed E-state index contributed by atoms with van der Waals surface area (Å²) in [6.45, 7) is 11.4. The monoisotopic (exact) mass is 673 g/mol. The Morgan fingerprint density at radius 2 is 1.75 bits per heavy atom. The van der Waals surface area contributed by atoms with Gasteiger partial charge >= 0.3 is 0 Å². The lowest BCUT2D eigenvalue weighted by Gasteiger charge is -2.71. The van der Waals surface area contributed by atoms with Gasteiger partial charge in [-0.2, -0.15) is 0 Å². The SMILES string of the molecule is CCCN(C[C@@H](O)COCc1ccccc1)C[C@]1(O)CC[C@H]2[C@]34C=C[C@@]5(C=C3C(=O)c3ccc(C)s3)CC(O)CC[C@]5(C)[C@H]4CC[C@@]21C. The smallest absolute Gasteiger partial charge is 0.199 e. The van der Waals surface area contributed by atoms with Crippen LogP contribution in [0.3, 0.4) is 0 Å². The number of nitrogens with zero attached hydrogens (tertiary/aromatic N) is 1. The lowest BCUT2D eigenvalue weighted by atomic mass is 9.32. The lowest BCUT2D eigenvalue weighted by molar-refractivity contribution is -0.177. The number of aliphatic hydroxyl groups is 3. The van der Waals surface area contributed by atoms with Gasteiger partial charge < -0.3 is 20.1 Å². The molecule has 2 aromatic rings. The first-order chi connectivity index (χ1) is 22.9. The van der Waals surface area contributed by atoms with Crippen molar-refractivity contribution in [1.29, 1.82) is 0 Å². The molecule has 3 saturated carbocycles. The summed E-state index contributed by atoms with van der Waals surface area (Å²) in [6.07, 6.45) is 12.8. The molecule has 1 aromatic heterocycles. The minimum absolute atomic E-state index is 0.0454. The van der Waals surface area contributed by atoms with E-state index >= 15 is 0 Å². The molecule has 6 aliphatic carbocycles. The van der Waals surface area contributed by atoms with Gasteiger partial charge in [0.2, 0.25) is 0 Å². The molecule has 3 fully saturated rings. The van der Waals surface area contributed by atoms with Crippen molar-refractivity contribution >= 4 is 17.1 Å². The van der Waals surface area contributed by atoms with Crippen LogP contribution in [0.25, 0.3) is 0 Å². The predicted molar refractivity (Wildman–Crippen MR) is 191 cm³/mol. The molecule has 8 rings (SSSR count). The minimum Gasteiger partial charge on any atom is -0.393 e. The second-order valence-electron chi connectivity index (χ2n) is 16.4. The van der Waals surface area contributed by atoms with Crippen LogP contribution < -0.4 is 0 Å². The summed E-state index contributed by atoms with van der Waals surface area (Å²) >= 11 is 1.57. The highest BCUT2D eigenvalue weighted by Crippen LogP contribution is 2.78. The van der Waals surface area contributed by atoms with Gasteiger partial charge in [-0.3, -0.25) is 9.69 Å². The molecule has 9 atom stereocenters. The van der Waals surface area contributed by atoms with E-state index in [1.807, 2.05) is 42.5 Å². The van der Waals surface area contributed by atoms with E-state index in [4.69, 9.17) is 4.74 Å². The molecular weight excluding hydrogens is 619 g/mol. The molecule has 1 heterocycles. The molecule has 0 radical (unpaired) electrons. The third-order valence-corrected chi connectivity index (χ3v) is 14.8. The van der Waals surface area contributed by atoms with E-state index in [1.54, 1.807) is 11.3 Å². The normalized spacial score (nSPS) is 38.8. The Labute approximate surface area is 290 Å². The quantitative estimate of drug-likeness (QED) is 0.164. The van der Waals surface area contributed by atoms with Crippen LogP contribution in [0.2, 0.25) is 0 Å². The molecule has 3 N–H and O–H groups in total. The van der Waals surface area contributed by atoms with E-state index in [9.17, 15) is 20.1 Å². The fourth-order valence-electron chi connectivity index (χ4n) is 11.4. The number of ether oxygens (including phenoxy) is 1. The summed E-state index contributed by atoms with van der Waals surface area (Å²) in [7, 11) is 0. The fraction of sp³-hybridized carbons (Fsp3) is 0.634. The van der Waals surface area contributed by atoms with Crippen LogP contribution in [0.5, 0.6) is 0 Å². The van der Waals surface area contributed by atoms with Crippen molar-refractivity contribution in [3.8, 4) is 0 Å². The molecule has 1 unspecified atom stereocenters. The van der Waals surface area contributed by atoms with Crippen LogP contribution in [0, 0.1) is 40.4 Å². The fourth-order valence-corrected chi connectivity index (χ4v) is 12.3. The molecule has 2 bridgehead atoms. The number of ketones is 1. The van der Waals surface area contributed by atoms with Crippen molar-refractivity contribution in [3.05, 3.63) is 81.6 Å². The zero-order chi connectivity index (χ0) is 34.0. The number of hydrogen-bond donors (Lipinski definition) is 3. The number of aryl methyl sites for hydroxylation is 1. The van der Waals surface area contributed by atoms with Crippen molar-refractivity contribution < 1.29 is 24.9 Å². The number of hydrogen-bond acceptors (Lipinski definition) is 7. The van der Waals surface area contributed by atoms with Crippen molar-refractivity contribution in [2.75, 3.05) is 26.2 Å². The van der Waals surface area contributed by atoms with Gasteiger partial charge in [0.15, 0.2) is 5.78 Å². The van der Waals surface area contributed by atoms with E-state index in [0.717, 1.165) is 66.0 Å². The highest BCUT2D eigenvalue weighted by Gasteiger charge is 2.74. The Hall–Kier alpha value is -2.13. The second-order valence-corrected chi connectivity index (χ2v) is 17.7. The average Bonchev–Trinajstić information content (AvgIpc) is 3.61. The van der Waals surface area contributed by atoms with Crippen LogP contribution in [-0.2, 0) is 11.3 Å². The molecule has 0 aliphatic heterocycles. The van der Waals surface area contributed by atoms with E-state index in [2.05, 4.69) is 50.8 Å². The minimum atomic E-state index is -0.950. The Bertz CT molecular complexity index is 1570. The van der Waals surface area contributed by atoms with Gasteiger partial charge in [-0.15, -0.1) is 11.3 Å². The van der Waals surface area contributed by atoms with Crippen molar-refractivity contribution in [2.45, 2.75) is 103 Å². The molecule has 48 heavy (non-hydrogen) atoms. The van der Waals surface area contributed by atoms with E-state index in [0.29, 0.717) is 32.5 Å². The van der Waals surface area contributed by atoms with Crippen LogP contribution in [0.1, 0.15) is 92.3 Å². The van der Waals surface area contributed by atoms with Crippen LogP contribution in [0.4, 0.5) is 0 Å². The van der Waals surface area contributed by atoms with Gasteiger partial charge in [0, 0.05) is 39.8 Å². The lowest BCUT2D eigenvalue weighted by Crippen LogP contribution is -2.67. The first kappa shape index (κ1) is 34.3. The summed E-state index contributed by atoms with van der Waals surface area (Å²) in [5.41, 5.74) is -0.175.